The molecule has 4 aromatic rings. The number of nitrogens with zero attached hydrogens (tertiary/aromatic N) is 2. The standard InChI is InChI=1S/C22H20N2O4S/c1-13-10-14(2)20-17(11-13)24(8-9-27-3)22(29-20)23-21(26)16-12-28-18-7-5-4-6-15(18)19(16)25/h4-7,10-12H,8-9H2,1-3H3. The number of hydrogen-bond acceptors (Lipinski definition) is 5. The van der Waals surface area contributed by atoms with Crippen molar-refractivity contribution in [2.75, 3.05) is 13.7 Å². The summed E-state index contributed by atoms with van der Waals surface area (Å²) in [6.45, 7) is 5.11. The van der Waals surface area contributed by atoms with Gasteiger partial charge in [0.2, 0.25) is 5.43 Å². The molecule has 2 heterocycles. The lowest BCUT2D eigenvalue weighted by Crippen LogP contribution is -2.21. The molecule has 4 rings (SSSR count). The SMILES string of the molecule is COCCn1c(=NC(=O)c2coc3ccccc3c2=O)sc2c(C)cc(C)cc21. The number of carbonyl (C=O) groups excluding carboxylic acids is 1. The Hall–Kier alpha value is -3.03. The number of para-hydroxylation sites is 1. The van der Waals surface area contributed by atoms with Crippen LogP contribution >= 0.6 is 11.3 Å². The third-order valence-electron chi connectivity index (χ3n) is 4.74. The van der Waals surface area contributed by atoms with Gasteiger partial charge in [0.25, 0.3) is 5.91 Å². The lowest BCUT2D eigenvalue weighted by molar-refractivity contribution is 0.0994. The van der Waals surface area contributed by atoms with Gasteiger partial charge >= 0.3 is 0 Å². The van der Waals surface area contributed by atoms with Gasteiger partial charge in [0.05, 0.1) is 22.2 Å². The van der Waals surface area contributed by atoms with Crippen molar-refractivity contribution in [3.05, 3.63) is 74.4 Å². The summed E-state index contributed by atoms with van der Waals surface area (Å²) < 4.78 is 13.7. The molecule has 0 bridgehead atoms. The number of thiazole rings is 1. The average Bonchev–Trinajstić information content (AvgIpc) is 3.04. The van der Waals surface area contributed by atoms with Crippen LogP contribution in [0.1, 0.15) is 21.5 Å². The van der Waals surface area contributed by atoms with E-state index in [1.54, 1.807) is 31.4 Å². The minimum atomic E-state index is -0.614. The summed E-state index contributed by atoms with van der Waals surface area (Å²) in [7, 11) is 1.63. The van der Waals surface area contributed by atoms with Crippen LogP contribution in [-0.2, 0) is 11.3 Å². The number of aryl methyl sites for hydroxylation is 2. The molecule has 6 nitrogen and oxygen atoms in total. The van der Waals surface area contributed by atoms with Gasteiger partial charge in [-0.25, -0.2) is 0 Å². The van der Waals surface area contributed by atoms with Crippen molar-refractivity contribution in [3.63, 3.8) is 0 Å². The zero-order valence-corrected chi connectivity index (χ0v) is 17.2. The number of rotatable bonds is 4. The van der Waals surface area contributed by atoms with E-state index >= 15 is 0 Å². The summed E-state index contributed by atoms with van der Waals surface area (Å²) in [5, 5.41) is 0.364. The van der Waals surface area contributed by atoms with Gasteiger partial charge in [-0.2, -0.15) is 4.99 Å². The predicted molar refractivity (Wildman–Crippen MR) is 114 cm³/mol. The largest absolute Gasteiger partial charge is 0.463 e. The maximum atomic E-state index is 12.9. The molecule has 0 saturated carbocycles. The lowest BCUT2D eigenvalue weighted by Gasteiger charge is -2.06. The Bertz CT molecular complexity index is 1360. The van der Waals surface area contributed by atoms with Gasteiger partial charge in [-0.05, 0) is 43.2 Å². The summed E-state index contributed by atoms with van der Waals surface area (Å²) in [5.74, 6) is -0.614. The molecule has 0 atom stereocenters. The van der Waals surface area contributed by atoms with Gasteiger partial charge in [0.1, 0.15) is 17.4 Å². The van der Waals surface area contributed by atoms with Crippen molar-refractivity contribution in [3.8, 4) is 0 Å². The summed E-state index contributed by atoms with van der Waals surface area (Å²) in [5.41, 5.74) is 3.24. The number of ether oxygens (including phenoxy) is 1. The smallest absolute Gasteiger partial charge is 0.286 e. The number of fused-ring (bicyclic) bond motifs is 2. The van der Waals surface area contributed by atoms with Crippen LogP contribution < -0.4 is 10.2 Å². The summed E-state index contributed by atoms with van der Waals surface area (Å²) in [6.07, 6.45) is 1.19. The van der Waals surface area contributed by atoms with E-state index in [0.717, 1.165) is 21.3 Å². The van der Waals surface area contributed by atoms with Gasteiger partial charge in [-0.15, -0.1) is 0 Å². The van der Waals surface area contributed by atoms with Crippen LogP contribution in [-0.4, -0.2) is 24.2 Å². The van der Waals surface area contributed by atoms with Crippen LogP contribution in [0, 0.1) is 13.8 Å². The van der Waals surface area contributed by atoms with Crippen molar-refractivity contribution in [1.82, 2.24) is 4.57 Å². The Morgan fingerprint density at radius 3 is 2.83 bits per heavy atom. The molecule has 7 heteroatoms. The molecule has 0 radical (unpaired) electrons. The second kappa shape index (κ2) is 7.77. The molecule has 2 aromatic heterocycles. The Balaban J connectivity index is 1.90. The highest BCUT2D eigenvalue weighted by Crippen LogP contribution is 2.23. The molecule has 148 valence electrons. The maximum absolute atomic E-state index is 12.9. The van der Waals surface area contributed by atoms with Crippen molar-refractivity contribution in [1.29, 1.82) is 0 Å². The quantitative estimate of drug-likeness (QED) is 0.515. The fourth-order valence-corrected chi connectivity index (χ4v) is 4.47. The van der Waals surface area contributed by atoms with E-state index in [2.05, 4.69) is 17.1 Å². The van der Waals surface area contributed by atoms with Crippen molar-refractivity contribution in [2.45, 2.75) is 20.4 Å². The third-order valence-corrected chi connectivity index (χ3v) is 5.97. The Morgan fingerprint density at radius 2 is 2.03 bits per heavy atom. The van der Waals surface area contributed by atoms with E-state index in [0.29, 0.717) is 28.9 Å². The summed E-state index contributed by atoms with van der Waals surface area (Å²) in [4.78, 5) is 30.4. The van der Waals surface area contributed by atoms with Gasteiger partial charge in [0, 0.05) is 13.7 Å². The van der Waals surface area contributed by atoms with Crippen molar-refractivity contribution in [2.24, 2.45) is 4.99 Å². The zero-order chi connectivity index (χ0) is 20.5. The number of amides is 1. The van der Waals surface area contributed by atoms with E-state index in [1.807, 2.05) is 18.4 Å². The second-order valence-corrected chi connectivity index (χ2v) is 7.83. The summed E-state index contributed by atoms with van der Waals surface area (Å²) >= 11 is 1.43. The minimum Gasteiger partial charge on any atom is -0.463 e. The van der Waals surface area contributed by atoms with Crippen LogP contribution in [0.5, 0.6) is 0 Å². The van der Waals surface area contributed by atoms with Gasteiger partial charge in [0.15, 0.2) is 4.80 Å². The van der Waals surface area contributed by atoms with E-state index < -0.39 is 5.91 Å². The monoisotopic (exact) mass is 408 g/mol. The average molecular weight is 408 g/mol. The Morgan fingerprint density at radius 1 is 1.24 bits per heavy atom. The first kappa shape index (κ1) is 19.3. The molecule has 0 aliphatic rings. The fraction of sp³-hybridized carbons (Fsp3) is 0.227. The zero-order valence-electron chi connectivity index (χ0n) is 16.4. The molecule has 29 heavy (non-hydrogen) atoms. The van der Waals surface area contributed by atoms with E-state index in [9.17, 15) is 9.59 Å². The number of carbonyl (C=O) groups is 1. The van der Waals surface area contributed by atoms with Gasteiger partial charge in [-0.1, -0.05) is 29.5 Å². The van der Waals surface area contributed by atoms with E-state index in [4.69, 9.17) is 9.15 Å². The van der Waals surface area contributed by atoms with Gasteiger partial charge < -0.3 is 13.7 Å². The highest BCUT2D eigenvalue weighted by molar-refractivity contribution is 7.16. The minimum absolute atomic E-state index is 0.0765. The van der Waals surface area contributed by atoms with Crippen LogP contribution in [0.25, 0.3) is 21.2 Å². The number of aromatic nitrogens is 1. The molecular weight excluding hydrogens is 388 g/mol. The van der Waals surface area contributed by atoms with Gasteiger partial charge in [-0.3, -0.25) is 9.59 Å². The molecular formula is C22H20N2O4S. The van der Waals surface area contributed by atoms with Crippen LogP contribution in [0.15, 0.2) is 56.9 Å². The number of benzene rings is 2. The van der Waals surface area contributed by atoms with Crippen LogP contribution in [0.2, 0.25) is 0 Å². The molecule has 0 N–H and O–H groups in total. The highest BCUT2D eigenvalue weighted by atomic mass is 32.1. The third kappa shape index (κ3) is 3.54. The fourth-order valence-electron chi connectivity index (χ4n) is 3.37. The maximum Gasteiger partial charge on any atom is 0.286 e. The molecule has 2 aromatic carbocycles. The van der Waals surface area contributed by atoms with Crippen molar-refractivity contribution < 1.29 is 13.9 Å². The first-order chi connectivity index (χ1) is 14.0. The molecule has 0 saturated heterocycles. The Labute approximate surface area is 170 Å². The highest BCUT2D eigenvalue weighted by Gasteiger charge is 2.16. The van der Waals surface area contributed by atoms with E-state index in [-0.39, 0.29) is 11.0 Å². The number of methoxy groups -OCH3 is 1. The molecule has 0 fully saturated rings. The Kier molecular flexibility index (Phi) is 5.17. The first-order valence-corrected chi connectivity index (χ1v) is 10.0. The van der Waals surface area contributed by atoms with E-state index in [1.165, 1.54) is 17.6 Å². The normalized spacial score (nSPS) is 12.2. The van der Waals surface area contributed by atoms with Crippen molar-refractivity contribution >= 4 is 38.4 Å². The molecule has 0 aliphatic heterocycles. The lowest BCUT2D eigenvalue weighted by atomic mass is 10.1. The second-order valence-electron chi connectivity index (χ2n) is 6.85. The molecule has 0 aliphatic carbocycles. The van der Waals surface area contributed by atoms with Crippen LogP contribution in [0.3, 0.4) is 0 Å². The topological polar surface area (TPSA) is 73.8 Å². The predicted octanol–water partition coefficient (Wildman–Crippen LogP) is 3.81. The molecule has 1 amide bonds. The molecule has 0 spiro atoms. The number of hydrogen-bond donors (Lipinski definition) is 0. The van der Waals surface area contributed by atoms with Crippen LogP contribution in [0.4, 0.5) is 0 Å². The molecule has 0 unspecified atom stereocenters. The first-order valence-electron chi connectivity index (χ1n) is 9.18. The summed E-state index contributed by atoms with van der Waals surface area (Å²) in [6, 6.07) is 11.0.